The Balaban J connectivity index is 2.77. The fourth-order valence-corrected chi connectivity index (χ4v) is 1.80. The van der Waals surface area contributed by atoms with E-state index in [1.54, 1.807) is 12.1 Å². The highest BCUT2D eigenvalue weighted by Gasteiger charge is 2.09. The molecule has 80 valence electrons. The molecule has 0 amide bonds. The van der Waals surface area contributed by atoms with Gasteiger partial charge in [-0.15, -0.1) is 0 Å². The van der Waals surface area contributed by atoms with Crippen molar-refractivity contribution in [2.75, 3.05) is 5.23 Å². The second-order valence-electron chi connectivity index (χ2n) is 3.32. The summed E-state index contributed by atoms with van der Waals surface area (Å²) in [6, 6.07) is 5.15. The fourth-order valence-electron chi connectivity index (χ4n) is 1.80. The van der Waals surface area contributed by atoms with Crippen molar-refractivity contribution in [3.8, 4) is 0 Å². The molecule has 0 saturated carbocycles. The van der Waals surface area contributed by atoms with Crippen LogP contribution in [-0.4, -0.2) is 14.8 Å². The largest absolute Gasteiger partial charge is 0.733 e. The summed E-state index contributed by atoms with van der Waals surface area (Å²) < 4.78 is 1.99. The van der Waals surface area contributed by atoms with E-state index in [1.165, 1.54) is 0 Å². The molecule has 0 aliphatic rings. The minimum absolute atomic E-state index is 0.144. The first-order valence-corrected chi connectivity index (χ1v) is 4.77. The van der Waals surface area contributed by atoms with E-state index >= 15 is 0 Å². The highest BCUT2D eigenvalue weighted by atomic mass is 16.8. The molecule has 0 atom stereocenters. The molecule has 1 aromatic carbocycles. The second kappa shape index (κ2) is 3.52. The minimum Gasteiger partial charge on any atom is -0.733 e. The Kier molecular flexibility index (Phi) is 2.34. The van der Waals surface area contributed by atoms with Crippen LogP contribution in [0.2, 0.25) is 0 Å². The molecule has 1 heterocycles. The quantitative estimate of drug-likeness (QED) is 0.764. The van der Waals surface area contributed by atoms with Gasteiger partial charge in [-0.1, -0.05) is 6.07 Å². The number of para-hydroxylation sites is 1. The van der Waals surface area contributed by atoms with Crippen LogP contribution in [0.1, 0.15) is 12.7 Å². The van der Waals surface area contributed by atoms with Crippen LogP contribution < -0.4 is 5.23 Å². The monoisotopic (exact) mass is 206 g/mol. The third-order valence-electron chi connectivity index (χ3n) is 2.47. The topological polar surface area (TPSA) is 64.4 Å². The molecule has 0 spiro atoms. The molecule has 1 aromatic heterocycles. The first-order chi connectivity index (χ1) is 7.15. The number of benzene rings is 1. The highest BCUT2D eigenvalue weighted by Crippen LogP contribution is 2.25. The lowest BCUT2D eigenvalue weighted by molar-refractivity contribution is 0.297. The zero-order valence-corrected chi connectivity index (χ0v) is 8.64. The molecule has 0 aliphatic carbocycles. The van der Waals surface area contributed by atoms with E-state index < -0.39 is 0 Å². The summed E-state index contributed by atoms with van der Waals surface area (Å²) in [7, 11) is 0. The Bertz CT molecular complexity index is 491. The van der Waals surface area contributed by atoms with Crippen LogP contribution in [0.25, 0.3) is 11.0 Å². The molecule has 2 aromatic rings. The number of rotatable bonds is 2. The molecule has 0 radical (unpaired) electrons. The molecule has 0 bridgehead atoms. The standard InChI is InChI=1S/C10H12N3O2/c1-3-12-7(2)11-10-8(12)5-4-6-9(10)13(14)15/h4-6,14H,3H2,1-2H3/q-1. The van der Waals surface area contributed by atoms with Crippen LogP contribution in [0.4, 0.5) is 5.69 Å². The summed E-state index contributed by atoms with van der Waals surface area (Å²) in [5.74, 6) is 0.835. The van der Waals surface area contributed by atoms with Crippen LogP contribution >= 0.6 is 0 Å². The van der Waals surface area contributed by atoms with E-state index in [2.05, 4.69) is 4.98 Å². The van der Waals surface area contributed by atoms with Crippen molar-refractivity contribution in [1.29, 1.82) is 0 Å². The van der Waals surface area contributed by atoms with Gasteiger partial charge < -0.3 is 15.0 Å². The summed E-state index contributed by atoms with van der Waals surface area (Å²) in [5.41, 5.74) is 1.58. The predicted molar refractivity (Wildman–Crippen MR) is 57.8 cm³/mol. The lowest BCUT2D eigenvalue weighted by Crippen LogP contribution is -2.07. The Morgan fingerprint density at radius 3 is 2.87 bits per heavy atom. The van der Waals surface area contributed by atoms with Crippen LogP contribution in [0.5, 0.6) is 0 Å². The van der Waals surface area contributed by atoms with Crippen LogP contribution in [0.3, 0.4) is 0 Å². The van der Waals surface area contributed by atoms with Crippen molar-refractivity contribution in [3.63, 3.8) is 0 Å². The van der Waals surface area contributed by atoms with Gasteiger partial charge in [0.2, 0.25) is 0 Å². The molecular weight excluding hydrogens is 194 g/mol. The zero-order chi connectivity index (χ0) is 11.0. The number of hydrogen-bond donors (Lipinski definition) is 1. The second-order valence-corrected chi connectivity index (χ2v) is 3.32. The number of anilines is 1. The van der Waals surface area contributed by atoms with Gasteiger partial charge in [0.1, 0.15) is 11.3 Å². The Morgan fingerprint density at radius 1 is 1.53 bits per heavy atom. The van der Waals surface area contributed by atoms with E-state index in [-0.39, 0.29) is 10.9 Å². The Morgan fingerprint density at radius 2 is 2.27 bits per heavy atom. The Hall–Kier alpha value is -1.59. The van der Waals surface area contributed by atoms with Gasteiger partial charge in [0.25, 0.3) is 0 Å². The summed E-state index contributed by atoms with van der Waals surface area (Å²) in [6.45, 7) is 4.67. The van der Waals surface area contributed by atoms with Crippen molar-refractivity contribution in [2.24, 2.45) is 0 Å². The van der Waals surface area contributed by atoms with Gasteiger partial charge in [-0.05, 0) is 26.0 Å². The van der Waals surface area contributed by atoms with Gasteiger partial charge in [0.15, 0.2) is 0 Å². The van der Waals surface area contributed by atoms with Gasteiger partial charge >= 0.3 is 0 Å². The SMILES string of the molecule is CCn1c(C)nc2c(N([O-])O)cccc21. The van der Waals surface area contributed by atoms with E-state index in [0.29, 0.717) is 5.52 Å². The highest BCUT2D eigenvalue weighted by molar-refractivity contribution is 5.89. The lowest BCUT2D eigenvalue weighted by Gasteiger charge is -2.21. The van der Waals surface area contributed by atoms with Crippen LogP contribution in [-0.2, 0) is 6.54 Å². The number of nitrogens with zero attached hydrogens (tertiary/aromatic N) is 3. The fraction of sp³-hybridized carbons (Fsp3) is 0.300. The number of hydrogen-bond acceptors (Lipinski definition) is 4. The normalized spacial score (nSPS) is 10.9. The average molecular weight is 206 g/mol. The summed E-state index contributed by atoms with van der Waals surface area (Å²) >= 11 is 0. The predicted octanol–water partition coefficient (Wildman–Crippen LogP) is 2.06. The number of imidazole rings is 1. The van der Waals surface area contributed by atoms with Crippen molar-refractivity contribution >= 4 is 16.7 Å². The molecule has 0 saturated heterocycles. The number of fused-ring (bicyclic) bond motifs is 1. The van der Waals surface area contributed by atoms with Crippen molar-refractivity contribution in [1.82, 2.24) is 9.55 Å². The number of aryl methyl sites for hydroxylation is 2. The van der Waals surface area contributed by atoms with Crippen molar-refractivity contribution in [2.45, 2.75) is 20.4 Å². The van der Waals surface area contributed by atoms with Crippen molar-refractivity contribution < 1.29 is 5.21 Å². The molecule has 0 unspecified atom stereocenters. The van der Waals surface area contributed by atoms with Gasteiger partial charge in [-0.2, -0.15) is 0 Å². The smallest absolute Gasteiger partial charge is 0.113 e. The molecule has 15 heavy (non-hydrogen) atoms. The van der Waals surface area contributed by atoms with Gasteiger partial charge in [-0.25, -0.2) is 4.98 Å². The van der Waals surface area contributed by atoms with E-state index in [1.807, 2.05) is 24.5 Å². The molecule has 0 fully saturated rings. The van der Waals surface area contributed by atoms with Gasteiger partial charge in [0.05, 0.1) is 11.2 Å². The van der Waals surface area contributed by atoms with Crippen LogP contribution in [0.15, 0.2) is 18.2 Å². The maximum atomic E-state index is 10.9. The van der Waals surface area contributed by atoms with E-state index in [4.69, 9.17) is 5.21 Å². The molecule has 5 heteroatoms. The zero-order valence-electron chi connectivity index (χ0n) is 8.64. The molecular formula is C10H12N3O2-. The maximum absolute atomic E-state index is 10.9. The maximum Gasteiger partial charge on any atom is 0.113 e. The Labute approximate surface area is 87.1 Å². The summed E-state index contributed by atoms with van der Waals surface area (Å²) in [5, 5.41) is 19.7. The minimum atomic E-state index is -0.144. The summed E-state index contributed by atoms with van der Waals surface area (Å²) in [6.07, 6.45) is 0. The van der Waals surface area contributed by atoms with Gasteiger partial charge in [0, 0.05) is 6.54 Å². The lowest BCUT2D eigenvalue weighted by atomic mass is 10.2. The van der Waals surface area contributed by atoms with E-state index in [9.17, 15) is 5.21 Å². The molecule has 5 nitrogen and oxygen atoms in total. The van der Waals surface area contributed by atoms with Crippen LogP contribution in [0, 0.1) is 12.1 Å². The first kappa shape index (κ1) is 9.95. The number of aromatic nitrogens is 2. The van der Waals surface area contributed by atoms with Crippen molar-refractivity contribution in [3.05, 3.63) is 29.2 Å². The molecule has 1 N–H and O–H groups in total. The summed E-state index contributed by atoms with van der Waals surface area (Å²) in [4.78, 5) is 4.27. The third kappa shape index (κ3) is 1.45. The molecule has 2 rings (SSSR count). The first-order valence-electron chi connectivity index (χ1n) is 4.77. The van der Waals surface area contributed by atoms with E-state index in [0.717, 1.165) is 17.9 Å². The third-order valence-corrected chi connectivity index (χ3v) is 2.47. The van der Waals surface area contributed by atoms with Gasteiger partial charge in [-0.3, -0.25) is 5.21 Å². The molecule has 0 aliphatic heterocycles. The average Bonchev–Trinajstić information content (AvgIpc) is 2.52.